The molecule has 0 atom stereocenters. The van der Waals surface area contributed by atoms with E-state index in [-0.39, 0.29) is 4.90 Å². The fourth-order valence-electron chi connectivity index (χ4n) is 2.07. The van der Waals surface area contributed by atoms with Crippen molar-refractivity contribution in [3.05, 3.63) is 59.2 Å². The molecule has 0 amide bonds. The smallest absolute Gasteiger partial charge is 0.262 e. The number of rotatable bonds is 4. The number of nitrogens with one attached hydrogen (secondary N) is 1. The van der Waals surface area contributed by atoms with E-state index in [1.165, 1.54) is 23.7 Å². The maximum absolute atomic E-state index is 13.3. The molecule has 0 saturated heterocycles. The Hall–Kier alpha value is -2.32. The second-order valence-corrected chi connectivity index (χ2v) is 7.14. The lowest BCUT2D eigenvalue weighted by atomic mass is 10.2. The second kappa shape index (κ2) is 6.05. The van der Waals surface area contributed by atoms with Gasteiger partial charge in [-0.05, 0) is 48.3 Å². The zero-order valence-electron chi connectivity index (χ0n) is 12.0. The number of aromatic nitrogens is 2. The van der Waals surface area contributed by atoms with Crippen LogP contribution >= 0.6 is 11.5 Å². The minimum absolute atomic E-state index is 0.0784. The van der Waals surface area contributed by atoms with Gasteiger partial charge in [0.15, 0.2) is 0 Å². The van der Waals surface area contributed by atoms with Crippen molar-refractivity contribution >= 4 is 27.2 Å². The molecule has 0 aliphatic rings. The van der Waals surface area contributed by atoms with E-state index in [2.05, 4.69) is 14.3 Å². The van der Waals surface area contributed by atoms with Gasteiger partial charge in [0.2, 0.25) is 0 Å². The van der Waals surface area contributed by atoms with Gasteiger partial charge in [0.25, 0.3) is 10.0 Å². The molecule has 3 aromatic rings. The van der Waals surface area contributed by atoms with Crippen LogP contribution in [0.1, 0.15) is 5.56 Å². The number of aryl methyl sites for hydroxylation is 1. The molecule has 3 rings (SSSR count). The van der Waals surface area contributed by atoms with Gasteiger partial charge in [-0.2, -0.15) is 0 Å². The molecule has 0 radical (unpaired) electrons. The molecule has 0 aliphatic carbocycles. The molecule has 0 saturated carbocycles. The van der Waals surface area contributed by atoms with E-state index in [1.54, 1.807) is 36.6 Å². The van der Waals surface area contributed by atoms with Crippen molar-refractivity contribution in [2.45, 2.75) is 11.8 Å². The van der Waals surface area contributed by atoms with E-state index in [1.807, 2.05) is 0 Å². The highest BCUT2D eigenvalue weighted by molar-refractivity contribution is 7.92. The number of benzene rings is 2. The summed E-state index contributed by atoms with van der Waals surface area (Å²) in [6, 6.07) is 10.4. The van der Waals surface area contributed by atoms with Gasteiger partial charge in [0, 0.05) is 16.6 Å². The van der Waals surface area contributed by atoms with E-state index in [9.17, 15) is 12.8 Å². The van der Waals surface area contributed by atoms with E-state index >= 15 is 0 Å². The Balaban J connectivity index is 1.87. The Bertz CT molecular complexity index is 924. The summed E-state index contributed by atoms with van der Waals surface area (Å²) < 4.78 is 44.3. The van der Waals surface area contributed by atoms with Crippen LogP contribution in [-0.2, 0) is 10.0 Å². The van der Waals surface area contributed by atoms with Crippen LogP contribution in [0, 0.1) is 12.7 Å². The largest absolute Gasteiger partial charge is 0.280 e. The zero-order valence-corrected chi connectivity index (χ0v) is 13.7. The molecule has 1 aromatic heterocycles. The summed E-state index contributed by atoms with van der Waals surface area (Å²) in [7, 11) is -3.85. The summed E-state index contributed by atoms with van der Waals surface area (Å²) in [5.74, 6) is -0.595. The SMILES string of the molecule is Cc1ccc(F)cc1S(=O)(=O)Nc1ccc(-c2csnn2)cc1. The first-order valence-corrected chi connectivity index (χ1v) is 8.94. The normalized spacial score (nSPS) is 11.4. The average molecular weight is 349 g/mol. The summed E-state index contributed by atoms with van der Waals surface area (Å²) in [6.07, 6.45) is 0. The van der Waals surface area contributed by atoms with E-state index in [4.69, 9.17) is 0 Å². The van der Waals surface area contributed by atoms with E-state index < -0.39 is 15.8 Å². The second-order valence-electron chi connectivity index (χ2n) is 4.88. The predicted octanol–water partition coefficient (Wildman–Crippen LogP) is 3.45. The molecule has 0 aliphatic heterocycles. The number of hydrogen-bond acceptors (Lipinski definition) is 5. The lowest BCUT2D eigenvalue weighted by Crippen LogP contribution is -2.14. The molecule has 8 heteroatoms. The summed E-state index contributed by atoms with van der Waals surface area (Å²) in [4.78, 5) is -0.0784. The standard InChI is InChI=1S/C15H12FN3O2S2/c1-10-2-5-12(16)8-15(10)23(20,21)18-13-6-3-11(4-7-13)14-9-22-19-17-14/h2-9,18H,1H3. The van der Waals surface area contributed by atoms with E-state index in [0.29, 0.717) is 11.3 Å². The molecule has 5 nitrogen and oxygen atoms in total. The third kappa shape index (κ3) is 3.38. The first kappa shape index (κ1) is 15.6. The lowest BCUT2D eigenvalue weighted by Gasteiger charge is -2.10. The first-order valence-electron chi connectivity index (χ1n) is 6.62. The Kier molecular flexibility index (Phi) is 4.10. The number of anilines is 1. The number of hydrogen-bond donors (Lipinski definition) is 1. The van der Waals surface area contributed by atoms with Crippen LogP contribution in [-0.4, -0.2) is 18.0 Å². The number of halogens is 1. The monoisotopic (exact) mass is 349 g/mol. The molecular weight excluding hydrogens is 337 g/mol. The highest BCUT2D eigenvalue weighted by atomic mass is 32.2. The molecule has 1 heterocycles. The fourth-order valence-corrected chi connectivity index (χ4v) is 3.85. The van der Waals surface area contributed by atoms with Crippen molar-refractivity contribution in [1.29, 1.82) is 0 Å². The molecule has 0 fully saturated rings. The van der Waals surface area contributed by atoms with Crippen LogP contribution in [0.15, 0.2) is 52.7 Å². The Morgan fingerprint density at radius 2 is 1.87 bits per heavy atom. The van der Waals surface area contributed by atoms with Gasteiger partial charge in [-0.15, -0.1) is 5.10 Å². The Labute approximate surface area is 137 Å². The van der Waals surface area contributed by atoms with Gasteiger partial charge in [-0.3, -0.25) is 4.72 Å². The van der Waals surface area contributed by atoms with Crippen LogP contribution in [0.2, 0.25) is 0 Å². The van der Waals surface area contributed by atoms with Crippen molar-refractivity contribution in [3.63, 3.8) is 0 Å². The Morgan fingerprint density at radius 1 is 1.13 bits per heavy atom. The Morgan fingerprint density at radius 3 is 2.52 bits per heavy atom. The fraction of sp³-hybridized carbons (Fsp3) is 0.0667. The first-order chi connectivity index (χ1) is 11.0. The summed E-state index contributed by atoms with van der Waals surface area (Å²) >= 11 is 1.24. The third-order valence-corrected chi connectivity index (χ3v) is 5.26. The summed E-state index contributed by atoms with van der Waals surface area (Å²) in [5.41, 5.74) is 2.43. The van der Waals surface area contributed by atoms with Gasteiger partial charge in [-0.1, -0.05) is 22.7 Å². The molecule has 0 spiro atoms. The van der Waals surface area contributed by atoms with E-state index in [0.717, 1.165) is 17.3 Å². The molecule has 118 valence electrons. The highest BCUT2D eigenvalue weighted by Crippen LogP contribution is 2.23. The molecular formula is C15H12FN3O2S2. The van der Waals surface area contributed by atoms with Crippen molar-refractivity contribution in [2.24, 2.45) is 0 Å². The quantitative estimate of drug-likeness (QED) is 0.783. The lowest BCUT2D eigenvalue weighted by molar-refractivity contribution is 0.594. The molecule has 0 unspecified atom stereocenters. The van der Waals surface area contributed by atoms with Crippen LogP contribution < -0.4 is 4.72 Å². The maximum Gasteiger partial charge on any atom is 0.262 e. The summed E-state index contributed by atoms with van der Waals surface area (Å²) in [5, 5.41) is 5.75. The van der Waals surface area contributed by atoms with Crippen molar-refractivity contribution in [3.8, 4) is 11.3 Å². The molecule has 23 heavy (non-hydrogen) atoms. The molecule has 0 bridgehead atoms. The number of sulfonamides is 1. The van der Waals surface area contributed by atoms with Crippen LogP contribution in [0.25, 0.3) is 11.3 Å². The summed E-state index contributed by atoms with van der Waals surface area (Å²) in [6.45, 7) is 1.62. The van der Waals surface area contributed by atoms with Gasteiger partial charge in [0.1, 0.15) is 11.5 Å². The predicted molar refractivity (Wildman–Crippen MR) is 87.3 cm³/mol. The average Bonchev–Trinajstić information content (AvgIpc) is 3.04. The van der Waals surface area contributed by atoms with Crippen LogP contribution in [0.4, 0.5) is 10.1 Å². The third-order valence-electron chi connectivity index (χ3n) is 3.23. The van der Waals surface area contributed by atoms with Gasteiger partial charge in [0.05, 0.1) is 4.90 Å². The van der Waals surface area contributed by atoms with Crippen molar-refractivity contribution in [2.75, 3.05) is 4.72 Å². The van der Waals surface area contributed by atoms with Crippen LogP contribution in [0.5, 0.6) is 0 Å². The zero-order chi connectivity index (χ0) is 16.4. The van der Waals surface area contributed by atoms with Crippen molar-refractivity contribution < 1.29 is 12.8 Å². The van der Waals surface area contributed by atoms with Gasteiger partial charge < -0.3 is 0 Å². The van der Waals surface area contributed by atoms with Crippen LogP contribution in [0.3, 0.4) is 0 Å². The van der Waals surface area contributed by atoms with Gasteiger partial charge in [-0.25, -0.2) is 12.8 Å². The van der Waals surface area contributed by atoms with Gasteiger partial charge >= 0.3 is 0 Å². The molecule has 1 N–H and O–H groups in total. The molecule has 2 aromatic carbocycles. The maximum atomic E-state index is 13.3. The topological polar surface area (TPSA) is 72.0 Å². The minimum Gasteiger partial charge on any atom is -0.280 e. The number of nitrogens with zero attached hydrogens (tertiary/aromatic N) is 2. The minimum atomic E-state index is -3.85. The van der Waals surface area contributed by atoms with Crippen molar-refractivity contribution in [1.82, 2.24) is 9.59 Å². The highest BCUT2D eigenvalue weighted by Gasteiger charge is 2.17.